The van der Waals surface area contributed by atoms with E-state index in [4.69, 9.17) is 5.73 Å². The van der Waals surface area contributed by atoms with Crippen molar-refractivity contribution < 1.29 is 0 Å². The Bertz CT molecular complexity index is 564. The number of hydrogen-bond acceptors (Lipinski definition) is 4. The van der Waals surface area contributed by atoms with Crippen LogP contribution >= 0.6 is 11.3 Å². The Morgan fingerprint density at radius 2 is 2.16 bits per heavy atom. The van der Waals surface area contributed by atoms with Crippen molar-refractivity contribution in [3.05, 3.63) is 46.5 Å². The highest BCUT2D eigenvalue weighted by atomic mass is 32.1. The second-order valence-electron chi connectivity index (χ2n) is 5.10. The monoisotopic (exact) mass is 273 g/mol. The van der Waals surface area contributed by atoms with Crippen molar-refractivity contribution in [2.75, 3.05) is 5.73 Å². The number of hydrogen-bond donors (Lipinski definition) is 1. The van der Waals surface area contributed by atoms with Crippen molar-refractivity contribution in [1.29, 1.82) is 0 Å². The van der Waals surface area contributed by atoms with Crippen LogP contribution in [0.5, 0.6) is 0 Å². The standard InChI is InChI=1S/C15H19N3S/c1-2-13-7-11-5-3-4-6-12(11)9-18(13)10-14-8-17-15(16)19-14/h3-6,8,13H,2,7,9-10H2,1H3,(H2,16,17). The SMILES string of the molecule is CCC1Cc2ccccc2CN1Cc1cnc(N)s1. The van der Waals surface area contributed by atoms with Crippen LogP contribution in [0.25, 0.3) is 0 Å². The molecule has 3 nitrogen and oxygen atoms in total. The highest BCUT2D eigenvalue weighted by Crippen LogP contribution is 2.27. The first-order chi connectivity index (χ1) is 9.26. The van der Waals surface area contributed by atoms with Crippen LogP contribution in [0, 0.1) is 0 Å². The molecule has 0 saturated carbocycles. The molecule has 1 aromatic heterocycles. The van der Waals surface area contributed by atoms with Crippen LogP contribution in [-0.2, 0) is 19.5 Å². The zero-order chi connectivity index (χ0) is 13.2. The van der Waals surface area contributed by atoms with E-state index in [9.17, 15) is 0 Å². The molecule has 1 aromatic carbocycles. The predicted octanol–water partition coefficient (Wildman–Crippen LogP) is 3.06. The number of rotatable bonds is 3. The van der Waals surface area contributed by atoms with E-state index in [1.165, 1.54) is 22.4 Å². The van der Waals surface area contributed by atoms with Crippen LogP contribution in [0.1, 0.15) is 29.3 Å². The van der Waals surface area contributed by atoms with Crippen molar-refractivity contribution >= 4 is 16.5 Å². The van der Waals surface area contributed by atoms with Gasteiger partial charge in [0.1, 0.15) is 0 Å². The molecule has 0 radical (unpaired) electrons. The topological polar surface area (TPSA) is 42.2 Å². The summed E-state index contributed by atoms with van der Waals surface area (Å²) in [6, 6.07) is 9.41. The van der Waals surface area contributed by atoms with Gasteiger partial charge in [0.05, 0.1) is 0 Å². The number of nitrogen functional groups attached to an aromatic ring is 1. The van der Waals surface area contributed by atoms with E-state index in [0.717, 1.165) is 19.5 Å². The van der Waals surface area contributed by atoms with E-state index in [0.29, 0.717) is 11.2 Å². The second-order valence-corrected chi connectivity index (χ2v) is 6.25. The summed E-state index contributed by atoms with van der Waals surface area (Å²) in [5, 5.41) is 0.667. The first kappa shape index (κ1) is 12.6. The summed E-state index contributed by atoms with van der Waals surface area (Å²) in [4.78, 5) is 7.96. The van der Waals surface area contributed by atoms with Crippen LogP contribution in [0.15, 0.2) is 30.5 Å². The van der Waals surface area contributed by atoms with Crippen molar-refractivity contribution in [1.82, 2.24) is 9.88 Å². The van der Waals surface area contributed by atoms with Gasteiger partial charge >= 0.3 is 0 Å². The lowest BCUT2D eigenvalue weighted by molar-refractivity contribution is 0.159. The zero-order valence-corrected chi connectivity index (χ0v) is 12.0. The van der Waals surface area contributed by atoms with Crippen molar-refractivity contribution in [2.45, 2.75) is 38.9 Å². The number of benzene rings is 1. The smallest absolute Gasteiger partial charge is 0.180 e. The third-order valence-electron chi connectivity index (χ3n) is 3.87. The quantitative estimate of drug-likeness (QED) is 0.934. The van der Waals surface area contributed by atoms with Gasteiger partial charge in [-0.15, -0.1) is 11.3 Å². The number of aromatic nitrogens is 1. The average Bonchev–Trinajstić information content (AvgIpc) is 2.83. The molecule has 19 heavy (non-hydrogen) atoms. The summed E-state index contributed by atoms with van der Waals surface area (Å²) in [6.07, 6.45) is 4.25. The van der Waals surface area contributed by atoms with E-state index >= 15 is 0 Å². The van der Waals surface area contributed by atoms with E-state index < -0.39 is 0 Å². The normalized spacial score (nSPS) is 19.3. The van der Waals surface area contributed by atoms with Crippen LogP contribution in [0.3, 0.4) is 0 Å². The molecule has 1 unspecified atom stereocenters. The van der Waals surface area contributed by atoms with Crippen LogP contribution in [0.4, 0.5) is 5.13 Å². The molecule has 1 atom stereocenters. The Balaban J connectivity index is 1.81. The average molecular weight is 273 g/mol. The zero-order valence-electron chi connectivity index (χ0n) is 11.2. The molecular weight excluding hydrogens is 254 g/mol. The number of anilines is 1. The summed E-state index contributed by atoms with van der Waals surface area (Å²) >= 11 is 1.60. The highest BCUT2D eigenvalue weighted by molar-refractivity contribution is 7.15. The fraction of sp³-hybridized carbons (Fsp3) is 0.400. The molecule has 0 aliphatic carbocycles. The predicted molar refractivity (Wildman–Crippen MR) is 80.0 cm³/mol. The largest absolute Gasteiger partial charge is 0.375 e. The van der Waals surface area contributed by atoms with Crippen LogP contribution < -0.4 is 5.73 Å². The van der Waals surface area contributed by atoms with Gasteiger partial charge in [-0.3, -0.25) is 4.90 Å². The summed E-state index contributed by atoms with van der Waals surface area (Å²) in [5.41, 5.74) is 8.69. The first-order valence-electron chi connectivity index (χ1n) is 6.77. The van der Waals surface area contributed by atoms with E-state index in [1.807, 2.05) is 6.20 Å². The number of nitrogens with two attached hydrogens (primary N) is 1. The number of fused-ring (bicyclic) bond motifs is 1. The van der Waals surface area contributed by atoms with E-state index in [1.54, 1.807) is 11.3 Å². The molecule has 2 heterocycles. The van der Waals surface area contributed by atoms with E-state index in [2.05, 4.69) is 41.1 Å². The van der Waals surface area contributed by atoms with Crippen molar-refractivity contribution in [2.24, 2.45) is 0 Å². The Kier molecular flexibility index (Phi) is 3.53. The molecule has 2 N–H and O–H groups in total. The first-order valence-corrected chi connectivity index (χ1v) is 7.59. The fourth-order valence-electron chi connectivity index (χ4n) is 2.83. The molecule has 0 bridgehead atoms. The fourth-order valence-corrected chi connectivity index (χ4v) is 3.53. The summed E-state index contributed by atoms with van der Waals surface area (Å²) < 4.78 is 0. The molecule has 3 rings (SSSR count). The van der Waals surface area contributed by atoms with Gasteiger partial charge in [-0.05, 0) is 24.0 Å². The molecular formula is C15H19N3S. The molecule has 1 aliphatic heterocycles. The Labute approximate surface area is 118 Å². The number of thiazole rings is 1. The lowest BCUT2D eigenvalue weighted by Crippen LogP contribution is -2.39. The van der Waals surface area contributed by atoms with Crippen LogP contribution in [0.2, 0.25) is 0 Å². The van der Waals surface area contributed by atoms with Crippen molar-refractivity contribution in [3.8, 4) is 0 Å². The maximum atomic E-state index is 5.72. The molecule has 0 spiro atoms. The maximum absolute atomic E-state index is 5.72. The minimum Gasteiger partial charge on any atom is -0.375 e. The lowest BCUT2D eigenvalue weighted by atomic mass is 9.92. The Morgan fingerprint density at radius 1 is 1.37 bits per heavy atom. The molecule has 0 amide bonds. The summed E-state index contributed by atoms with van der Waals surface area (Å²) in [6.45, 7) is 4.26. The molecule has 0 saturated heterocycles. The van der Waals surface area contributed by atoms with Gasteiger partial charge < -0.3 is 5.73 Å². The Morgan fingerprint density at radius 3 is 2.84 bits per heavy atom. The van der Waals surface area contributed by atoms with Gasteiger partial charge in [-0.1, -0.05) is 31.2 Å². The lowest BCUT2D eigenvalue weighted by Gasteiger charge is -2.36. The molecule has 2 aromatic rings. The minimum atomic E-state index is 0.623. The summed E-state index contributed by atoms with van der Waals surface area (Å²) in [5.74, 6) is 0. The van der Waals surface area contributed by atoms with Gasteiger partial charge in [-0.2, -0.15) is 0 Å². The minimum absolute atomic E-state index is 0.623. The molecule has 100 valence electrons. The van der Waals surface area contributed by atoms with Gasteiger partial charge in [0.15, 0.2) is 5.13 Å². The van der Waals surface area contributed by atoms with Crippen LogP contribution in [-0.4, -0.2) is 15.9 Å². The van der Waals surface area contributed by atoms with Gasteiger partial charge in [0.25, 0.3) is 0 Å². The maximum Gasteiger partial charge on any atom is 0.180 e. The number of nitrogens with zero attached hydrogens (tertiary/aromatic N) is 2. The Hall–Kier alpha value is -1.39. The molecule has 4 heteroatoms. The second kappa shape index (κ2) is 5.31. The third-order valence-corrected chi connectivity index (χ3v) is 4.68. The molecule has 0 fully saturated rings. The van der Waals surface area contributed by atoms with Gasteiger partial charge in [0.2, 0.25) is 0 Å². The highest BCUT2D eigenvalue weighted by Gasteiger charge is 2.24. The third kappa shape index (κ3) is 2.65. The molecule has 1 aliphatic rings. The van der Waals surface area contributed by atoms with Gasteiger partial charge in [0, 0.05) is 30.2 Å². The van der Waals surface area contributed by atoms with E-state index in [-0.39, 0.29) is 0 Å². The van der Waals surface area contributed by atoms with Crippen molar-refractivity contribution in [3.63, 3.8) is 0 Å². The van der Waals surface area contributed by atoms with Gasteiger partial charge in [-0.25, -0.2) is 4.98 Å². The summed E-state index contributed by atoms with van der Waals surface area (Å²) in [7, 11) is 0.